The molecule has 1 saturated carbocycles. The molecule has 0 spiro atoms. The van der Waals surface area contributed by atoms with Gasteiger partial charge in [-0.25, -0.2) is 4.79 Å². The van der Waals surface area contributed by atoms with Crippen molar-refractivity contribution in [1.82, 2.24) is 4.98 Å². The maximum Gasteiger partial charge on any atom is 0.339 e. The van der Waals surface area contributed by atoms with Gasteiger partial charge in [-0.2, -0.15) is 0 Å². The molecule has 2 unspecified atom stereocenters. The van der Waals surface area contributed by atoms with Crippen molar-refractivity contribution in [2.75, 3.05) is 5.32 Å². The van der Waals surface area contributed by atoms with Crippen LogP contribution in [0.1, 0.15) is 54.4 Å². The van der Waals surface area contributed by atoms with Gasteiger partial charge < -0.3 is 10.4 Å². The van der Waals surface area contributed by atoms with Crippen molar-refractivity contribution in [2.24, 2.45) is 5.92 Å². The minimum absolute atomic E-state index is 0.309. The van der Waals surface area contributed by atoms with Crippen LogP contribution in [0.15, 0.2) is 6.07 Å². The largest absolute Gasteiger partial charge is 0.478 e. The summed E-state index contributed by atoms with van der Waals surface area (Å²) in [6.45, 7) is 5.89. The van der Waals surface area contributed by atoms with Crippen LogP contribution in [0.25, 0.3) is 0 Å². The van der Waals surface area contributed by atoms with Crippen LogP contribution in [0.3, 0.4) is 0 Å². The number of aryl methyl sites for hydroxylation is 2. The van der Waals surface area contributed by atoms with Gasteiger partial charge in [-0.1, -0.05) is 19.8 Å². The van der Waals surface area contributed by atoms with Gasteiger partial charge in [-0.3, -0.25) is 4.98 Å². The van der Waals surface area contributed by atoms with Gasteiger partial charge >= 0.3 is 5.97 Å². The van der Waals surface area contributed by atoms with E-state index in [1.54, 1.807) is 6.92 Å². The molecule has 4 heteroatoms. The van der Waals surface area contributed by atoms with Crippen LogP contribution in [0.2, 0.25) is 0 Å². The summed E-state index contributed by atoms with van der Waals surface area (Å²) in [5.74, 6) is -0.319. The molecular formula is C15H22N2O2. The molecular weight excluding hydrogens is 240 g/mol. The molecule has 0 amide bonds. The lowest BCUT2D eigenvalue weighted by atomic mass is 9.85. The maximum atomic E-state index is 11.4. The molecule has 0 aromatic carbocycles. The number of nitrogens with zero attached hydrogens (tertiary/aromatic N) is 1. The Bertz CT molecular complexity index is 485. The molecule has 1 fully saturated rings. The lowest BCUT2D eigenvalue weighted by molar-refractivity contribution is 0.0696. The third-order valence-corrected chi connectivity index (χ3v) is 3.99. The number of anilines is 1. The van der Waals surface area contributed by atoms with Gasteiger partial charge in [0, 0.05) is 11.7 Å². The van der Waals surface area contributed by atoms with E-state index < -0.39 is 5.97 Å². The molecule has 0 radical (unpaired) electrons. The van der Waals surface area contributed by atoms with E-state index in [0.29, 0.717) is 23.2 Å². The second-order valence-corrected chi connectivity index (χ2v) is 5.59. The molecule has 2 N–H and O–H groups in total. The number of nitrogens with one attached hydrogen (secondary N) is 1. The SMILES string of the molecule is Cc1cc(NC2CCCCC2C)c(C(=O)O)c(C)n1. The summed E-state index contributed by atoms with van der Waals surface area (Å²) in [5.41, 5.74) is 2.46. The minimum Gasteiger partial charge on any atom is -0.478 e. The fraction of sp³-hybridized carbons (Fsp3) is 0.600. The van der Waals surface area contributed by atoms with E-state index >= 15 is 0 Å². The summed E-state index contributed by atoms with van der Waals surface area (Å²) in [4.78, 5) is 15.6. The Kier molecular flexibility index (Phi) is 4.08. The summed E-state index contributed by atoms with van der Waals surface area (Å²) >= 11 is 0. The van der Waals surface area contributed by atoms with Crippen molar-refractivity contribution in [2.45, 2.75) is 52.5 Å². The van der Waals surface area contributed by atoms with Gasteiger partial charge in [-0.15, -0.1) is 0 Å². The molecule has 104 valence electrons. The van der Waals surface area contributed by atoms with Gasteiger partial charge in [0.05, 0.1) is 11.4 Å². The second kappa shape index (κ2) is 5.59. The molecule has 1 aliphatic rings. The van der Waals surface area contributed by atoms with E-state index in [1.165, 1.54) is 19.3 Å². The molecule has 1 heterocycles. The van der Waals surface area contributed by atoms with E-state index in [-0.39, 0.29) is 0 Å². The van der Waals surface area contributed by atoms with Crippen LogP contribution in [0.5, 0.6) is 0 Å². The lowest BCUT2D eigenvalue weighted by Crippen LogP contribution is -2.31. The Balaban J connectivity index is 2.30. The number of hydrogen-bond donors (Lipinski definition) is 2. The molecule has 19 heavy (non-hydrogen) atoms. The number of carboxylic acids is 1. The fourth-order valence-electron chi connectivity index (χ4n) is 2.94. The lowest BCUT2D eigenvalue weighted by Gasteiger charge is -2.31. The Morgan fingerprint density at radius 1 is 1.37 bits per heavy atom. The summed E-state index contributed by atoms with van der Waals surface area (Å²) in [6.07, 6.45) is 4.82. The van der Waals surface area contributed by atoms with E-state index in [9.17, 15) is 9.90 Å². The highest BCUT2D eigenvalue weighted by Crippen LogP contribution is 2.29. The molecule has 4 nitrogen and oxygen atoms in total. The smallest absolute Gasteiger partial charge is 0.339 e. The van der Waals surface area contributed by atoms with Crippen molar-refractivity contribution in [3.05, 3.63) is 23.0 Å². The first-order chi connectivity index (χ1) is 8.99. The third-order valence-electron chi connectivity index (χ3n) is 3.99. The Labute approximate surface area is 114 Å². The van der Waals surface area contributed by atoms with Crippen molar-refractivity contribution in [1.29, 1.82) is 0 Å². The van der Waals surface area contributed by atoms with E-state index in [2.05, 4.69) is 17.2 Å². The van der Waals surface area contributed by atoms with Crippen molar-refractivity contribution in [3.63, 3.8) is 0 Å². The Morgan fingerprint density at radius 2 is 2.05 bits per heavy atom. The van der Waals surface area contributed by atoms with E-state index in [1.807, 2.05) is 13.0 Å². The van der Waals surface area contributed by atoms with Crippen molar-refractivity contribution in [3.8, 4) is 0 Å². The topological polar surface area (TPSA) is 62.2 Å². The van der Waals surface area contributed by atoms with Crippen LogP contribution in [0, 0.1) is 19.8 Å². The molecule has 2 rings (SSSR count). The fourth-order valence-corrected chi connectivity index (χ4v) is 2.94. The summed E-state index contributed by atoms with van der Waals surface area (Å²) in [7, 11) is 0. The molecule has 1 aliphatic carbocycles. The van der Waals surface area contributed by atoms with Gasteiger partial charge in [0.1, 0.15) is 5.56 Å². The first-order valence-electron chi connectivity index (χ1n) is 6.97. The zero-order valence-electron chi connectivity index (χ0n) is 11.9. The number of aromatic carboxylic acids is 1. The van der Waals surface area contributed by atoms with Gasteiger partial charge in [0.25, 0.3) is 0 Å². The maximum absolute atomic E-state index is 11.4. The monoisotopic (exact) mass is 262 g/mol. The predicted octanol–water partition coefficient (Wildman–Crippen LogP) is 3.39. The third kappa shape index (κ3) is 3.06. The summed E-state index contributed by atoms with van der Waals surface area (Å²) < 4.78 is 0. The molecule has 0 bridgehead atoms. The first kappa shape index (κ1) is 13.8. The standard InChI is InChI=1S/C15H22N2O2/c1-9-6-4-5-7-12(9)17-13-8-10(2)16-11(3)14(13)15(18)19/h8-9,12H,4-7H2,1-3H3,(H,16,17)(H,18,19). The van der Waals surface area contributed by atoms with Gasteiger partial charge in [-0.05, 0) is 38.7 Å². The number of hydrogen-bond acceptors (Lipinski definition) is 3. The van der Waals surface area contributed by atoms with Crippen LogP contribution in [-0.2, 0) is 0 Å². The number of carboxylic acid groups (broad SMARTS) is 1. The highest BCUT2D eigenvalue weighted by atomic mass is 16.4. The predicted molar refractivity (Wildman–Crippen MR) is 75.7 cm³/mol. The van der Waals surface area contributed by atoms with Crippen LogP contribution < -0.4 is 5.32 Å². The van der Waals surface area contributed by atoms with Crippen LogP contribution in [0.4, 0.5) is 5.69 Å². The quantitative estimate of drug-likeness (QED) is 0.876. The number of rotatable bonds is 3. The Morgan fingerprint density at radius 3 is 2.68 bits per heavy atom. The highest BCUT2D eigenvalue weighted by Gasteiger charge is 2.24. The van der Waals surface area contributed by atoms with Gasteiger partial charge in [0.15, 0.2) is 0 Å². The van der Waals surface area contributed by atoms with Crippen LogP contribution in [-0.4, -0.2) is 22.1 Å². The summed E-state index contributed by atoms with van der Waals surface area (Å²) in [5, 5.41) is 12.8. The first-order valence-corrected chi connectivity index (χ1v) is 6.97. The number of pyridine rings is 1. The minimum atomic E-state index is -0.907. The number of aromatic nitrogens is 1. The normalized spacial score (nSPS) is 23.1. The molecule has 0 aliphatic heterocycles. The zero-order valence-corrected chi connectivity index (χ0v) is 11.9. The molecule has 0 saturated heterocycles. The molecule has 2 atom stereocenters. The molecule has 1 aromatic heterocycles. The van der Waals surface area contributed by atoms with Gasteiger partial charge in [0.2, 0.25) is 0 Å². The summed E-state index contributed by atoms with van der Waals surface area (Å²) in [6, 6.07) is 2.21. The van der Waals surface area contributed by atoms with Crippen molar-refractivity contribution >= 4 is 11.7 Å². The highest BCUT2D eigenvalue weighted by molar-refractivity contribution is 5.95. The Hall–Kier alpha value is -1.58. The molecule has 1 aromatic rings. The zero-order chi connectivity index (χ0) is 14.0. The number of carbonyl (C=O) groups is 1. The average Bonchev–Trinajstić information content (AvgIpc) is 2.30. The van der Waals surface area contributed by atoms with E-state index in [4.69, 9.17) is 0 Å². The second-order valence-electron chi connectivity index (χ2n) is 5.59. The van der Waals surface area contributed by atoms with E-state index in [0.717, 1.165) is 17.8 Å². The van der Waals surface area contributed by atoms with Crippen LogP contribution >= 0.6 is 0 Å². The van der Waals surface area contributed by atoms with Crippen molar-refractivity contribution < 1.29 is 9.90 Å². The average molecular weight is 262 g/mol.